The Balaban J connectivity index is 2.50. The van der Waals surface area contributed by atoms with Crippen molar-refractivity contribution in [2.24, 2.45) is 0 Å². The van der Waals surface area contributed by atoms with Gasteiger partial charge in [-0.15, -0.1) is 0 Å². The average molecular weight is 494 g/mol. The van der Waals surface area contributed by atoms with Crippen molar-refractivity contribution in [3.63, 3.8) is 0 Å². The molecule has 4 heteroatoms. The van der Waals surface area contributed by atoms with Crippen LogP contribution in [-0.2, 0) is 0 Å². The fourth-order valence-corrected chi connectivity index (χ4v) is 3.75. The van der Waals surface area contributed by atoms with Crippen molar-refractivity contribution in [3.8, 4) is 11.8 Å². The van der Waals surface area contributed by atoms with Crippen LogP contribution in [0.2, 0.25) is 0 Å². The second-order valence-corrected chi connectivity index (χ2v) is 6.86. The summed E-state index contributed by atoms with van der Waals surface area (Å²) in [7, 11) is 0. The lowest BCUT2D eigenvalue weighted by Gasteiger charge is -2.00. The molecule has 0 aliphatic rings. The van der Waals surface area contributed by atoms with Crippen LogP contribution in [0.5, 0.6) is 0 Å². The van der Waals surface area contributed by atoms with E-state index in [1.54, 1.807) is 0 Å². The summed E-state index contributed by atoms with van der Waals surface area (Å²) < 4.78 is 3.92. The van der Waals surface area contributed by atoms with Crippen molar-refractivity contribution in [1.82, 2.24) is 0 Å². The van der Waals surface area contributed by atoms with Crippen LogP contribution in [0.4, 0.5) is 0 Å². The van der Waals surface area contributed by atoms with E-state index in [-0.39, 0.29) is 0 Å². The Morgan fingerprint density at radius 1 is 0.556 bits per heavy atom. The SMILES string of the molecule is Brc1cccc(Br)c1C#Cc1c(Br)cccc1Br. The molecule has 0 heterocycles. The highest BCUT2D eigenvalue weighted by molar-refractivity contribution is 9.11. The van der Waals surface area contributed by atoms with Crippen LogP contribution in [0.1, 0.15) is 11.1 Å². The molecule has 0 N–H and O–H groups in total. The molecule has 90 valence electrons. The summed E-state index contributed by atoms with van der Waals surface area (Å²) in [6.07, 6.45) is 0. The van der Waals surface area contributed by atoms with Gasteiger partial charge in [-0.2, -0.15) is 0 Å². The van der Waals surface area contributed by atoms with E-state index in [4.69, 9.17) is 0 Å². The molecule has 0 fully saturated rings. The molecule has 0 spiro atoms. The third kappa shape index (κ3) is 3.27. The maximum Gasteiger partial charge on any atom is 0.0533 e. The second kappa shape index (κ2) is 6.38. The first kappa shape index (κ1) is 14.3. The van der Waals surface area contributed by atoms with Gasteiger partial charge in [0.05, 0.1) is 11.1 Å². The van der Waals surface area contributed by atoms with Crippen molar-refractivity contribution in [1.29, 1.82) is 0 Å². The summed E-state index contributed by atoms with van der Waals surface area (Å²) in [5, 5.41) is 0. The fourth-order valence-electron chi connectivity index (χ4n) is 1.36. The molecule has 0 aromatic heterocycles. The molecular weight excluding hydrogens is 488 g/mol. The zero-order chi connectivity index (χ0) is 13.1. The van der Waals surface area contributed by atoms with Crippen LogP contribution < -0.4 is 0 Å². The number of hydrogen-bond donors (Lipinski definition) is 0. The Kier molecular flexibility index (Phi) is 5.08. The van der Waals surface area contributed by atoms with Crippen molar-refractivity contribution >= 4 is 63.7 Å². The first-order valence-corrected chi connectivity index (χ1v) is 8.17. The standard InChI is InChI=1S/C14H6Br4/c15-11-3-1-4-12(16)9(11)7-8-10-13(17)5-2-6-14(10)18/h1-6H. The quantitative estimate of drug-likeness (QED) is 0.387. The first-order valence-electron chi connectivity index (χ1n) is 4.99. The highest BCUT2D eigenvalue weighted by atomic mass is 79.9. The third-order valence-corrected chi connectivity index (χ3v) is 4.88. The summed E-state index contributed by atoms with van der Waals surface area (Å²) in [6, 6.07) is 11.8. The normalized spacial score (nSPS) is 9.78. The maximum atomic E-state index is 3.50. The number of benzene rings is 2. The van der Waals surface area contributed by atoms with E-state index in [1.807, 2.05) is 36.4 Å². The van der Waals surface area contributed by atoms with Gasteiger partial charge in [-0.3, -0.25) is 0 Å². The summed E-state index contributed by atoms with van der Waals surface area (Å²) in [5.41, 5.74) is 1.89. The summed E-state index contributed by atoms with van der Waals surface area (Å²) in [6.45, 7) is 0. The molecule has 0 bridgehead atoms. The predicted molar refractivity (Wildman–Crippen MR) is 89.7 cm³/mol. The molecule has 18 heavy (non-hydrogen) atoms. The molecule has 2 aromatic carbocycles. The summed E-state index contributed by atoms with van der Waals surface area (Å²) >= 11 is 14.0. The molecule has 2 aromatic rings. The maximum absolute atomic E-state index is 3.50. The van der Waals surface area contributed by atoms with Crippen LogP contribution in [0, 0.1) is 11.8 Å². The third-order valence-electron chi connectivity index (χ3n) is 2.24. The molecule has 0 unspecified atom stereocenters. The molecular formula is C14H6Br4. The van der Waals surface area contributed by atoms with Gasteiger partial charge in [0.2, 0.25) is 0 Å². The van der Waals surface area contributed by atoms with Crippen molar-refractivity contribution in [2.75, 3.05) is 0 Å². The molecule has 0 aliphatic heterocycles. The fraction of sp³-hybridized carbons (Fsp3) is 0. The van der Waals surface area contributed by atoms with E-state index in [0.717, 1.165) is 29.0 Å². The molecule has 0 radical (unpaired) electrons. The van der Waals surface area contributed by atoms with Gasteiger partial charge in [0.15, 0.2) is 0 Å². The Hall–Kier alpha value is -0.0800. The van der Waals surface area contributed by atoms with Gasteiger partial charge >= 0.3 is 0 Å². The molecule has 0 atom stereocenters. The Morgan fingerprint density at radius 3 is 1.11 bits per heavy atom. The molecule has 0 saturated carbocycles. The zero-order valence-corrected chi connectivity index (χ0v) is 15.3. The lowest BCUT2D eigenvalue weighted by molar-refractivity contribution is 1.52. The van der Waals surface area contributed by atoms with Crippen LogP contribution in [0.25, 0.3) is 0 Å². The summed E-state index contributed by atoms with van der Waals surface area (Å²) in [4.78, 5) is 0. The van der Waals surface area contributed by atoms with Crippen LogP contribution in [0.15, 0.2) is 54.3 Å². The van der Waals surface area contributed by atoms with Gasteiger partial charge in [-0.1, -0.05) is 24.0 Å². The van der Waals surface area contributed by atoms with Crippen molar-refractivity contribution < 1.29 is 0 Å². The minimum atomic E-state index is 0.945. The average Bonchev–Trinajstić information content (AvgIpc) is 2.31. The highest BCUT2D eigenvalue weighted by Crippen LogP contribution is 2.26. The second-order valence-electron chi connectivity index (χ2n) is 3.44. The lowest BCUT2D eigenvalue weighted by atomic mass is 10.2. The zero-order valence-electron chi connectivity index (χ0n) is 8.98. The van der Waals surface area contributed by atoms with E-state index >= 15 is 0 Å². The minimum Gasteiger partial charge on any atom is -0.0599 e. The Labute approximate surface area is 140 Å². The smallest absolute Gasteiger partial charge is 0.0533 e. The predicted octanol–water partition coefficient (Wildman–Crippen LogP) is 6.14. The first-order chi connectivity index (χ1) is 8.59. The molecule has 0 nitrogen and oxygen atoms in total. The van der Waals surface area contributed by atoms with Gasteiger partial charge in [0, 0.05) is 17.9 Å². The van der Waals surface area contributed by atoms with Crippen molar-refractivity contribution in [3.05, 3.63) is 65.4 Å². The monoisotopic (exact) mass is 490 g/mol. The van der Waals surface area contributed by atoms with E-state index in [2.05, 4.69) is 75.6 Å². The largest absolute Gasteiger partial charge is 0.0599 e. The van der Waals surface area contributed by atoms with Crippen LogP contribution in [-0.4, -0.2) is 0 Å². The van der Waals surface area contributed by atoms with E-state index in [0.29, 0.717) is 0 Å². The molecule has 0 saturated heterocycles. The van der Waals surface area contributed by atoms with Crippen LogP contribution in [0.3, 0.4) is 0 Å². The van der Waals surface area contributed by atoms with Crippen molar-refractivity contribution in [2.45, 2.75) is 0 Å². The number of halogens is 4. The topological polar surface area (TPSA) is 0 Å². The number of rotatable bonds is 0. The lowest BCUT2D eigenvalue weighted by Crippen LogP contribution is -1.83. The molecule has 0 aliphatic carbocycles. The minimum absolute atomic E-state index is 0.945. The van der Waals surface area contributed by atoms with E-state index in [9.17, 15) is 0 Å². The summed E-state index contributed by atoms with van der Waals surface area (Å²) in [5.74, 6) is 6.35. The van der Waals surface area contributed by atoms with Gasteiger partial charge in [-0.05, 0) is 88.0 Å². The number of hydrogen-bond acceptors (Lipinski definition) is 0. The van der Waals surface area contributed by atoms with E-state index in [1.165, 1.54) is 0 Å². The van der Waals surface area contributed by atoms with Gasteiger partial charge in [0.1, 0.15) is 0 Å². The van der Waals surface area contributed by atoms with Gasteiger partial charge in [-0.25, -0.2) is 0 Å². The van der Waals surface area contributed by atoms with Crippen LogP contribution >= 0.6 is 63.7 Å². The Morgan fingerprint density at radius 2 is 0.833 bits per heavy atom. The van der Waals surface area contributed by atoms with E-state index < -0.39 is 0 Å². The molecule has 2 rings (SSSR count). The van der Waals surface area contributed by atoms with Gasteiger partial charge < -0.3 is 0 Å². The highest BCUT2D eigenvalue weighted by Gasteiger charge is 2.03. The molecule has 0 amide bonds. The van der Waals surface area contributed by atoms with Gasteiger partial charge in [0.25, 0.3) is 0 Å². The Bertz CT molecular complexity index is 555.